The molecule has 0 spiro atoms. The Bertz CT molecular complexity index is 750. The van der Waals surface area contributed by atoms with E-state index < -0.39 is 0 Å². The van der Waals surface area contributed by atoms with E-state index in [0.717, 1.165) is 36.7 Å². The second-order valence-electron chi connectivity index (χ2n) is 6.17. The Balaban J connectivity index is 1.69. The van der Waals surface area contributed by atoms with Gasteiger partial charge >= 0.3 is 0 Å². The summed E-state index contributed by atoms with van der Waals surface area (Å²) in [5, 5.41) is 14.4. The summed E-state index contributed by atoms with van der Waals surface area (Å²) in [4.78, 5) is 14.6. The summed E-state index contributed by atoms with van der Waals surface area (Å²) in [5.74, 6) is -0.0350. The van der Waals surface area contributed by atoms with Crippen molar-refractivity contribution < 1.29 is 4.79 Å². The third kappa shape index (κ3) is 3.52. The molecule has 1 saturated heterocycles. The van der Waals surface area contributed by atoms with Gasteiger partial charge in [-0.15, -0.1) is 0 Å². The first-order chi connectivity index (χ1) is 11.2. The highest BCUT2D eigenvalue weighted by atomic mass is 16.1. The smallest absolute Gasteiger partial charge is 0.251 e. The van der Waals surface area contributed by atoms with Gasteiger partial charge in [0.2, 0.25) is 0 Å². The van der Waals surface area contributed by atoms with Crippen LogP contribution >= 0.6 is 0 Å². The van der Waals surface area contributed by atoms with Crippen molar-refractivity contribution in [2.45, 2.75) is 31.8 Å². The zero-order valence-corrected chi connectivity index (χ0v) is 13.3. The number of nitrogens with one attached hydrogen (secondary N) is 1. The number of hydrogen-bond acceptors (Lipinski definition) is 3. The molecule has 3 rings (SSSR count). The van der Waals surface area contributed by atoms with Crippen LogP contribution in [0.15, 0.2) is 42.5 Å². The number of nitrogens with zero attached hydrogens (tertiary/aromatic N) is 2. The van der Waals surface area contributed by atoms with E-state index in [2.05, 4.69) is 16.3 Å². The van der Waals surface area contributed by atoms with Crippen molar-refractivity contribution >= 4 is 16.7 Å². The fraction of sp³-hybridized carbons (Fsp3) is 0.368. The maximum atomic E-state index is 12.5. The van der Waals surface area contributed by atoms with Crippen LogP contribution in [0.25, 0.3) is 10.8 Å². The molecular formula is C19H21N3O. The van der Waals surface area contributed by atoms with Crippen LogP contribution in [0.5, 0.6) is 0 Å². The molecule has 4 heteroatoms. The summed E-state index contributed by atoms with van der Waals surface area (Å²) >= 11 is 0. The molecule has 2 aromatic carbocycles. The molecule has 0 saturated carbocycles. The zero-order valence-electron chi connectivity index (χ0n) is 13.3. The molecule has 0 radical (unpaired) electrons. The van der Waals surface area contributed by atoms with Crippen LogP contribution < -0.4 is 5.32 Å². The number of rotatable bonds is 3. The van der Waals surface area contributed by atoms with Gasteiger partial charge in [-0.05, 0) is 49.2 Å². The number of benzene rings is 2. The molecule has 4 nitrogen and oxygen atoms in total. The normalized spacial score (nSPS) is 19.9. The number of carbonyl (C=O) groups is 1. The SMILES string of the molecule is C[C@H](C#N)N1CCC[C@H](NC(=O)c2ccc3ccccc3c2)C1. The molecule has 1 aliphatic rings. The Morgan fingerprint density at radius 2 is 2.09 bits per heavy atom. The highest BCUT2D eigenvalue weighted by Crippen LogP contribution is 2.17. The van der Waals surface area contributed by atoms with E-state index in [0.29, 0.717) is 5.56 Å². The van der Waals surface area contributed by atoms with Gasteiger partial charge in [0.1, 0.15) is 0 Å². The van der Waals surface area contributed by atoms with Crippen molar-refractivity contribution in [3.8, 4) is 6.07 Å². The monoisotopic (exact) mass is 307 g/mol. The molecule has 1 heterocycles. The lowest BCUT2D eigenvalue weighted by molar-refractivity contribution is 0.0895. The lowest BCUT2D eigenvalue weighted by Gasteiger charge is -2.34. The van der Waals surface area contributed by atoms with E-state index in [1.165, 1.54) is 0 Å². The average molecular weight is 307 g/mol. The van der Waals surface area contributed by atoms with Crippen LogP contribution in [0.1, 0.15) is 30.1 Å². The lowest BCUT2D eigenvalue weighted by Crippen LogP contribution is -2.50. The van der Waals surface area contributed by atoms with Gasteiger partial charge in [0.25, 0.3) is 5.91 Å². The maximum Gasteiger partial charge on any atom is 0.251 e. The first-order valence-corrected chi connectivity index (χ1v) is 8.10. The summed E-state index contributed by atoms with van der Waals surface area (Å²) in [6.07, 6.45) is 1.97. The number of likely N-dealkylation sites (tertiary alicyclic amines) is 1. The molecule has 23 heavy (non-hydrogen) atoms. The third-order valence-corrected chi connectivity index (χ3v) is 4.53. The van der Waals surface area contributed by atoms with Crippen LogP contribution in [-0.2, 0) is 0 Å². The van der Waals surface area contributed by atoms with Crippen LogP contribution in [0.2, 0.25) is 0 Å². The van der Waals surface area contributed by atoms with E-state index >= 15 is 0 Å². The number of amides is 1. The van der Waals surface area contributed by atoms with Gasteiger partial charge in [0.15, 0.2) is 0 Å². The fourth-order valence-electron chi connectivity index (χ4n) is 3.16. The Kier molecular flexibility index (Phi) is 4.59. The van der Waals surface area contributed by atoms with Crippen LogP contribution in [-0.4, -0.2) is 36.0 Å². The van der Waals surface area contributed by atoms with Crippen molar-refractivity contribution in [2.24, 2.45) is 0 Å². The predicted molar refractivity (Wildman–Crippen MR) is 91.1 cm³/mol. The van der Waals surface area contributed by atoms with Crippen molar-refractivity contribution in [1.29, 1.82) is 5.26 Å². The van der Waals surface area contributed by atoms with Crippen LogP contribution in [0.3, 0.4) is 0 Å². The minimum absolute atomic E-state index is 0.0350. The van der Waals surface area contributed by atoms with Crippen molar-refractivity contribution in [3.63, 3.8) is 0 Å². The standard InChI is InChI=1S/C19H21N3O/c1-14(12-20)22-10-4-7-18(13-22)21-19(23)17-9-8-15-5-2-3-6-16(15)11-17/h2-3,5-6,8-9,11,14,18H,4,7,10,13H2,1H3,(H,21,23)/t14-,18+/m1/s1. The van der Waals surface area contributed by atoms with Gasteiger partial charge in [0, 0.05) is 18.2 Å². The van der Waals surface area contributed by atoms with Crippen molar-refractivity contribution in [1.82, 2.24) is 10.2 Å². The zero-order chi connectivity index (χ0) is 16.2. The third-order valence-electron chi connectivity index (χ3n) is 4.53. The Morgan fingerprint density at radius 1 is 1.30 bits per heavy atom. The number of carbonyl (C=O) groups excluding carboxylic acids is 1. The second kappa shape index (κ2) is 6.80. The highest BCUT2D eigenvalue weighted by Gasteiger charge is 2.24. The lowest BCUT2D eigenvalue weighted by atomic mass is 10.0. The molecule has 2 aromatic rings. The summed E-state index contributed by atoms with van der Waals surface area (Å²) < 4.78 is 0. The van der Waals surface area contributed by atoms with E-state index in [-0.39, 0.29) is 18.0 Å². The number of piperidine rings is 1. The average Bonchev–Trinajstić information content (AvgIpc) is 2.60. The molecule has 118 valence electrons. The molecule has 2 atom stereocenters. The van der Waals surface area contributed by atoms with Crippen LogP contribution in [0.4, 0.5) is 0 Å². The fourth-order valence-corrected chi connectivity index (χ4v) is 3.16. The second-order valence-corrected chi connectivity index (χ2v) is 6.17. The quantitative estimate of drug-likeness (QED) is 0.948. The van der Waals surface area contributed by atoms with E-state index in [1.54, 1.807) is 0 Å². The molecule has 0 aromatic heterocycles. The molecule has 1 amide bonds. The molecule has 0 aliphatic carbocycles. The summed E-state index contributed by atoms with van der Waals surface area (Å²) in [7, 11) is 0. The van der Waals surface area contributed by atoms with Crippen LogP contribution in [0, 0.1) is 11.3 Å². The number of nitriles is 1. The summed E-state index contributed by atoms with van der Waals surface area (Å²) in [6.45, 7) is 3.58. The van der Waals surface area contributed by atoms with E-state index in [4.69, 9.17) is 5.26 Å². The molecule has 0 bridgehead atoms. The van der Waals surface area contributed by atoms with E-state index in [9.17, 15) is 4.79 Å². The minimum atomic E-state index is -0.102. The Morgan fingerprint density at radius 3 is 2.87 bits per heavy atom. The maximum absolute atomic E-state index is 12.5. The van der Waals surface area contributed by atoms with Crippen molar-refractivity contribution in [2.75, 3.05) is 13.1 Å². The first kappa shape index (κ1) is 15.5. The first-order valence-electron chi connectivity index (χ1n) is 8.10. The Hall–Kier alpha value is -2.38. The van der Waals surface area contributed by atoms with Gasteiger partial charge < -0.3 is 5.32 Å². The minimum Gasteiger partial charge on any atom is -0.348 e. The van der Waals surface area contributed by atoms with Gasteiger partial charge in [-0.3, -0.25) is 9.69 Å². The highest BCUT2D eigenvalue weighted by molar-refractivity contribution is 5.98. The largest absolute Gasteiger partial charge is 0.348 e. The van der Waals surface area contributed by atoms with Crippen molar-refractivity contribution in [3.05, 3.63) is 48.0 Å². The Labute approximate surface area is 136 Å². The van der Waals surface area contributed by atoms with Gasteiger partial charge in [-0.1, -0.05) is 30.3 Å². The van der Waals surface area contributed by atoms with E-state index in [1.807, 2.05) is 49.4 Å². The van der Waals surface area contributed by atoms with Gasteiger partial charge in [0.05, 0.1) is 12.1 Å². The summed E-state index contributed by atoms with van der Waals surface area (Å²) in [5.41, 5.74) is 0.689. The molecule has 1 fully saturated rings. The molecule has 0 unspecified atom stereocenters. The topological polar surface area (TPSA) is 56.1 Å². The molecular weight excluding hydrogens is 286 g/mol. The number of hydrogen-bond donors (Lipinski definition) is 1. The summed E-state index contributed by atoms with van der Waals surface area (Å²) in [6, 6.07) is 16.1. The molecule has 1 aliphatic heterocycles. The number of fused-ring (bicyclic) bond motifs is 1. The molecule has 1 N–H and O–H groups in total. The van der Waals surface area contributed by atoms with Gasteiger partial charge in [-0.2, -0.15) is 5.26 Å². The predicted octanol–water partition coefficient (Wildman–Crippen LogP) is 2.95. The van der Waals surface area contributed by atoms with Gasteiger partial charge in [-0.25, -0.2) is 0 Å².